The van der Waals surface area contributed by atoms with Gasteiger partial charge in [0.25, 0.3) is 5.91 Å². The van der Waals surface area contributed by atoms with E-state index in [9.17, 15) is 14.7 Å². The van der Waals surface area contributed by atoms with Gasteiger partial charge in [-0.2, -0.15) is 10.1 Å². The van der Waals surface area contributed by atoms with Crippen molar-refractivity contribution >= 4 is 40.7 Å². The van der Waals surface area contributed by atoms with Crippen LogP contribution in [-0.4, -0.2) is 49.6 Å². The molecule has 0 fully saturated rings. The summed E-state index contributed by atoms with van der Waals surface area (Å²) in [5.41, 5.74) is 4.38. The Hall–Kier alpha value is -4.43. The molecule has 37 heavy (non-hydrogen) atoms. The maximum absolute atomic E-state index is 13.1. The first kappa shape index (κ1) is 24.3. The van der Waals surface area contributed by atoms with E-state index in [0.717, 1.165) is 52.6 Å². The minimum Gasteiger partial charge on any atom is -0.491 e. The van der Waals surface area contributed by atoms with Crippen LogP contribution in [0.4, 0.5) is 17.1 Å². The predicted molar refractivity (Wildman–Crippen MR) is 143 cm³/mol. The molecule has 8 heteroatoms. The molecule has 0 atom stereocenters. The third-order valence-electron chi connectivity index (χ3n) is 6.32. The molecule has 2 aliphatic rings. The van der Waals surface area contributed by atoms with Gasteiger partial charge in [-0.25, -0.2) is 4.79 Å². The molecule has 0 bridgehead atoms. The van der Waals surface area contributed by atoms with Gasteiger partial charge in [-0.15, -0.1) is 0 Å². The van der Waals surface area contributed by atoms with Crippen molar-refractivity contribution < 1.29 is 24.2 Å². The van der Waals surface area contributed by atoms with E-state index in [2.05, 4.69) is 10.0 Å². The molecule has 1 amide bonds. The number of methoxy groups -OCH3 is 1. The van der Waals surface area contributed by atoms with Crippen LogP contribution in [0.2, 0.25) is 0 Å². The number of fused-ring (bicyclic) bond motifs is 1. The molecule has 0 unspecified atom stereocenters. The summed E-state index contributed by atoms with van der Waals surface area (Å²) in [5.74, 6) is -0.908. The number of ether oxygens (including phenoxy) is 2. The van der Waals surface area contributed by atoms with Gasteiger partial charge in [-0.3, -0.25) is 4.79 Å². The molecule has 0 aliphatic carbocycles. The second-order valence-electron chi connectivity index (χ2n) is 8.74. The number of nitrogens with zero attached hydrogens (tertiary/aromatic N) is 3. The fourth-order valence-electron chi connectivity index (χ4n) is 4.55. The highest BCUT2D eigenvalue weighted by atomic mass is 16.5. The minimum absolute atomic E-state index is 0.0630. The Morgan fingerprint density at radius 3 is 2.54 bits per heavy atom. The molecular formula is C29H27N3O5. The quantitative estimate of drug-likeness (QED) is 0.359. The van der Waals surface area contributed by atoms with Crippen molar-refractivity contribution in [2.75, 3.05) is 36.8 Å². The molecule has 0 aromatic heterocycles. The molecule has 188 valence electrons. The van der Waals surface area contributed by atoms with Crippen LogP contribution in [0.3, 0.4) is 0 Å². The first-order valence-electron chi connectivity index (χ1n) is 12.1. The van der Waals surface area contributed by atoms with E-state index < -0.39 is 11.9 Å². The molecule has 1 N–H and O–H groups in total. The lowest BCUT2D eigenvalue weighted by Crippen LogP contribution is -2.24. The molecule has 3 aromatic carbocycles. The lowest BCUT2D eigenvalue weighted by Gasteiger charge is -2.31. The van der Waals surface area contributed by atoms with Gasteiger partial charge >= 0.3 is 5.97 Å². The number of benzene rings is 3. The smallest absolute Gasteiger partial charge is 0.357 e. The zero-order valence-electron chi connectivity index (χ0n) is 20.5. The molecule has 0 saturated heterocycles. The molecule has 5 rings (SSSR count). The van der Waals surface area contributed by atoms with Crippen LogP contribution in [0.15, 0.2) is 83.5 Å². The molecule has 0 saturated carbocycles. The van der Waals surface area contributed by atoms with Gasteiger partial charge in [0.1, 0.15) is 12.4 Å². The number of hydrazone groups is 1. The van der Waals surface area contributed by atoms with Crippen LogP contribution in [0, 0.1) is 0 Å². The maximum atomic E-state index is 13.1. The molecule has 0 spiro atoms. The summed E-state index contributed by atoms with van der Waals surface area (Å²) in [6.45, 7) is 1.92. The summed E-state index contributed by atoms with van der Waals surface area (Å²) in [5, 5.41) is 14.9. The summed E-state index contributed by atoms with van der Waals surface area (Å²) in [6.07, 6.45) is 3.48. The van der Waals surface area contributed by atoms with Crippen LogP contribution in [0.1, 0.15) is 17.5 Å². The largest absolute Gasteiger partial charge is 0.491 e. The van der Waals surface area contributed by atoms with Crippen molar-refractivity contribution in [3.8, 4) is 5.75 Å². The lowest BCUT2D eigenvalue weighted by molar-refractivity contribution is -0.129. The number of anilines is 3. The van der Waals surface area contributed by atoms with Crippen LogP contribution >= 0.6 is 0 Å². The van der Waals surface area contributed by atoms with Gasteiger partial charge < -0.3 is 19.5 Å². The first-order chi connectivity index (χ1) is 18.0. The summed E-state index contributed by atoms with van der Waals surface area (Å²) in [4.78, 5) is 27.3. The predicted octanol–water partition coefficient (Wildman–Crippen LogP) is 4.67. The van der Waals surface area contributed by atoms with E-state index in [1.165, 1.54) is 0 Å². The summed E-state index contributed by atoms with van der Waals surface area (Å²) in [7, 11) is 1.64. The summed E-state index contributed by atoms with van der Waals surface area (Å²) in [6, 6.07) is 22.7. The highest BCUT2D eigenvalue weighted by Crippen LogP contribution is 2.35. The van der Waals surface area contributed by atoms with E-state index in [-0.39, 0.29) is 11.3 Å². The van der Waals surface area contributed by atoms with Crippen molar-refractivity contribution in [1.82, 2.24) is 0 Å². The maximum Gasteiger partial charge on any atom is 0.357 e. The normalized spacial score (nSPS) is 16.1. The molecule has 8 nitrogen and oxygen atoms in total. The average Bonchev–Trinajstić information content (AvgIpc) is 3.25. The summed E-state index contributed by atoms with van der Waals surface area (Å²) >= 11 is 0. The van der Waals surface area contributed by atoms with Crippen LogP contribution in [0.25, 0.3) is 6.08 Å². The van der Waals surface area contributed by atoms with Crippen molar-refractivity contribution in [3.05, 3.63) is 89.5 Å². The number of aliphatic carboxylic acids is 1. The second-order valence-corrected chi connectivity index (χ2v) is 8.74. The van der Waals surface area contributed by atoms with Crippen LogP contribution in [0.5, 0.6) is 5.75 Å². The zero-order chi connectivity index (χ0) is 25.8. The molecular weight excluding hydrogens is 470 g/mol. The van der Waals surface area contributed by atoms with Gasteiger partial charge in [0.2, 0.25) is 0 Å². The number of carbonyl (C=O) groups is 2. The third-order valence-corrected chi connectivity index (χ3v) is 6.32. The van der Waals surface area contributed by atoms with Crippen molar-refractivity contribution in [1.29, 1.82) is 0 Å². The van der Waals surface area contributed by atoms with Gasteiger partial charge in [0, 0.05) is 25.0 Å². The third kappa shape index (κ3) is 5.10. The van der Waals surface area contributed by atoms with E-state index in [1.807, 2.05) is 48.5 Å². The SMILES string of the molecule is COCCOc1ccc(N2CCCc3cc(C=C4C(=O)N(c5ccccc5)N=C4C(=O)O)ccc32)cc1. The lowest BCUT2D eigenvalue weighted by atomic mass is 9.97. The highest BCUT2D eigenvalue weighted by Gasteiger charge is 2.35. The van der Waals surface area contributed by atoms with Crippen LogP contribution in [-0.2, 0) is 20.7 Å². The number of para-hydroxylation sites is 1. The number of carboxylic acids is 1. The number of hydrogen-bond donors (Lipinski definition) is 1. The second kappa shape index (κ2) is 10.7. The number of carbonyl (C=O) groups excluding carboxylic acids is 1. The minimum atomic E-state index is -1.24. The van der Waals surface area contributed by atoms with E-state index in [0.29, 0.717) is 18.9 Å². The summed E-state index contributed by atoms with van der Waals surface area (Å²) < 4.78 is 10.7. The van der Waals surface area contributed by atoms with Gasteiger partial charge in [-0.05, 0) is 78.6 Å². The Morgan fingerprint density at radius 2 is 1.81 bits per heavy atom. The van der Waals surface area contributed by atoms with E-state index in [1.54, 1.807) is 37.5 Å². The first-order valence-corrected chi connectivity index (χ1v) is 12.1. The van der Waals surface area contributed by atoms with E-state index in [4.69, 9.17) is 9.47 Å². The molecule has 0 radical (unpaired) electrons. The Balaban J connectivity index is 1.40. The molecule has 2 aliphatic heterocycles. The average molecular weight is 498 g/mol. The number of carboxylic acid groups (broad SMARTS) is 1. The van der Waals surface area contributed by atoms with E-state index >= 15 is 0 Å². The Kier molecular flexibility index (Phi) is 7.00. The fourth-order valence-corrected chi connectivity index (χ4v) is 4.55. The molecule has 3 aromatic rings. The highest BCUT2D eigenvalue weighted by molar-refractivity contribution is 6.53. The zero-order valence-corrected chi connectivity index (χ0v) is 20.5. The van der Waals surface area contributed by atoms with Gasteiger partial charge in [0.05, 0.1) is 17.9 Å². The molecule has 2 heterocycles. The van der Waals surface area contributed by atoms with Crippen molar-refractivity contribution in [3.63, 3.8) is 0 Å². The van der Waals surface area contributed by atoms with Crippen molar-refractivity contribution in [2.45, 2.75) is 12.8 Å². The number of aryl methyl sites for hydroxylation is 1. The van der Waals surface area contributed by atoms with Crippen molar-refractivity contribution in [2.24, 2.45) is 5.10 Å². The number of rotatable bonds is 8. The Bertz CT molecular complexity index is 1370. The fraction of sp³-hybridized carbons (Fsp3) is 0.207. The topological polar surface area (TPSA) is 91.7 Å². The van der Waals surface area contributed by atoms with Crippen LogP contribution < -0.4 is 14.6 Å². The number of hydrogen-bond acceptors (Lipinski definition) is 6. The Labute approximate surface area is 215 Å². The monoisotopic (exact) mass is 497 g/mol. The van der Waals surface area contributed by atoms with Gasteiger partial charge in [0.15, 0.2) is 5.71 Å². The Morgan fingerprint density at radius 1 is 1.03 bits per heavy atom. The van der Waals surface area contributed by atoms with Gasteiger partial charge in [-0.1, -0.05) is 24.3 Å². The number of amides is 1. The standard InChI is InChI=1S/C29H27N3O5/c1-36-16-17-37-24-12-10-22(11-13-24)31-15-5-6-21-18-20(9-14-26(21)31)19-25-27(29(34)35)30-32(28(25)33)23-7-3-2-4-8-23/h2-4,7-14,18-19H,5-6,15-17H2,1H3,(H,34,35).